The van der Waals surface area contributed by atoms with Gasteiger partial charge >= 0.3 is 0 Å². The van der Waals surface area contributed by atoms with Gasteiger partial charge in [-0.3, -0.25) is 0 Å². The minimum atomic E-state index is -0.283. The highest BCUT2D eigenvalue weighted by atomic mass is 35.5. The molecule has 0 amide bonds. The normalized spacial score (nSPS) is 10.3. The van der Waals surface area contributed by atoms with E-state index in [0.29, 0.717) is 10.6 Å². The van der Waals surface area contributed by atoms with Crippen LogP contribution in [0.5, 0.6) is 0 Å². The molecular formula is C10H7ClFN. The lowest BCUT2D eigenvalue weighted by atomic mass is 10.1. The highest BCUT2D eigenvalue weighted by Crippen LogP contribution is 2.26. The van der Waals surface area contributed by atoms with Crippen LogP contribution in [0.25, 0.3) is 11.3 Å². The fourth-order valence-corrected chi connectivity index (χ4v) is 1.42. The minimum absolute atomic E-state index is 0.283. The number of aromatic amines is 1. The van der Waals surface area contributed by atoms with E-state index in [1.54, 1.807) is 12.3 Å². The molecule has 0 aliphatic heterocycles. The van der Waals surface area contributed by atoms with Crippen LogP contribution in [0.4, 0.5) is 4.39 Å². The molecule has 13 heavy (non-hydrogen) atoms. The Hall–Kier alpha value is -1.28. The number of hydrogen-bond donors (Lipinski definition) is 1. The summed E-state index contributed by atoms with van der Waals surface area (Å²) in [6.45, 7) is 0. The second-order valence-electron chi connectivity index (χ2n) is 2.71. The van der Waals surface area contributed by atoms with Crippen LogP contribution in [0.3, 0.4) is 0 Å². The van der Waals surface area contributed by atoms with Crippen LogP contribution in [0, 0.1) is 5.82 Å². The SMILES string of the molecule is Fc1ccc(Cl)c(-c2ccc[nH]2)c1. The number of H-pyrrole nitrogens is 1. The van der Waals surface area contributed by atoms with E-state index in [0.717, 1.165) is 5.69 Å². The fourth-order valence-electron chi connectivity index (χ4n) is 1.20. The Kier molecular flexibility index (Phi) is 2.07. The molecule has 0 saturated heterocycles. The van der Waals surface area contributed by atoms with E-state index in [4.69, 9.17) is 11.6 Å². The van der Waals surface area contributed by atoms with Gasteiger partial charge in [0.15, 0.2) is 0 Å². The molecule has 0 radical (unpaired) electrons. The summed E-state index contributed by atoms with van der Waals surface area (Å²) < 4.78 is 12.9. The number of hydrogen-bond acceptors (Lipinski definition) is 0. The largest absolute Gasteiger partial charge is 0.361 e. The zero-order chi connectivity index (χ0) is 9.26. The topological polar surface area (TPSA) is 15.8 Å². The van der Waals surface area contributed by atoms with Gasteiger partial charge in [0.2, 0.25) is 0 Å². The maximum atomic E-state index is 12.9. The van der Waals surface area contributed by atoms with Crippen molar-refractivity contribution in [2.45, 2.75) is 0 Å². The molecule has 0 aliphatic carbocycles. The molecule has 2 aromatic rings. The smallest absolute Gasteiger partial charge is 0.123 e. The Morgan fingerprint density at radius 3 is 2.77 bits per heavy atom. The van der Waals surface area contributed by atoms with Crippen molar-refractivity contribution in [3.8, 4) is 11.3 Å². The van der Waals surface area contributed by atoms with Crippen molar-refractivity contribution in [3.63, 3.8) is 0 Å². The van der Waals surface area contributed by atoms with Crippen molar-refractivity contribution in [2.75, 3.05) is 0 Å². The number of aromatic nitrogens is 1. The molecule has 0 bridgehead atoms. The lowest BCUT2D eigenvalue weighted by molar-refractivity contribution is 0.628. The van der Waals surface area contributed by atoms with Gasteiger partial charge < -0.3 is 4.98 Å². The third-order valence-corrected chi connectivity index (χ3v) is 2.15. The van der Waals surface area contributed by atoms with Gasteiger partial charge in [-0.2, -0.15) is 0 Å². The van der Waals surface area contributed by atoms with Gasteiger partial charge in [0.25, 0.3) is 0 Å². The van der Waals surface area contributed by atoms with Crippen molar-refractivity contribution < 1.29 is 4.39 Å². The predicted molar refractivity (Wildman–Crippen MR) is 51.2 cm³/mol. The number of nitrogens with one attached hydrogen (secondary N) is 1. The Morgan fingerprint density at radius 2 is 2.08 bits per heavy atom. The lowest BCUT2D eigenvalue weighted by Crippen LogP contribution is -1.81. The summed E-state index contributed by atoms with van der Waals surface area (Å²) in [5, 5.41) is 0.545. The van der Waals surface area contributed by atoms with Gasteiger partial charge in [0.1, 0.15) is 5.82 Å². The van der Waals surface area contributed by atoms with Crippen LogP contribution in [0.2, 0.25) is 5.02 Å². The van der Waals surface area contributed by atoms with Gasteiger partial charge in [-0.25, -0.2) is 4.39 Å². The summed E-state index contributed by atoms with van der Waals surface area (Å²) >= 11 is 5.90. The van der Waals surface area contributed by atoms with Crippen molar-refractivity contribution in [3.05, 3.63) is 47.4 Å². The molecule has 0 fully saturated rings. The van der Waals surface area contributed by atoms with E-state index in [9.17, 15) is 4.39 Å². The van der Waals surface area contributed by atoms with Crippen LogP contribution in [0.15, 0.2) is 36.5 Å². The molecule has 0 saturated carbocycles. The first-order valence-electron chi connectivity index (χ1n) is 3.86. The molecular weight excluding hydrogens is 189 g/mol. The van der Waals surface area contributed by atoms with Crippen LogP contribution in [0.1, 0.15) is 0 Å². The van der Waals surface area contributed by atoms with Crippen LogP contribution in [-0.2, 0) is 0 Å². The second-order valence-corrected chi connectivity index (χ2v) is 3.12. The van der Waals surface area contributed by atoms with E-state index < -0.39 is 0 Å². The molecule has 0 unspecified atom stereocenters. The molecule has 2 rings (SSSR count). The van der Waals surface area contributed by atoms with Crippen molar-refractivity contribution >= 4 is 11.6 Å². The first kappa shape index (κ1) is 8.32. The summed E-state index contributed by atoms with van der Waals surface area (Å²) in [5.41, 5.74) is 1.51. The highest BCUT2D eigenvalue weighted by molar-refractivity contribution is 6.33. The third kappa shape index (κ3) is 1.58. The van der Waals surface area contributed by atoms with Gasteiger partial charge in [0, 0.05) is 17.5 Å². The van der Waals surface area contributed by atoms with Crippen molar-refractivity contribution in [1.29, 1.82) is 0 Å². The summed E-state index contributed by atoms with van der Waals surface area (Å²) in [6, 6.07) is 7.99. The monoisotopic (exact) mass is 195 g/mol. The van der Waals surface area contributed by atoms with Crippen LogP contribution in [-0.4, -0.2) is 4.98 Å². The Morgan fingerprint density at radius 1 is 1.23 bits per heavy atom. The zero-order valence-electron chi connectivity index (χ0n) is 6.72. The lowest BCUT2D eigenvalue weighted by Gasteiger charge is -2.00. The molecule has 1 aromatic carbocycles. The maximum Gasteiger partial charge on any atom is 0.123 e. The quantitative estimate of drug-likeness (QED) is 0.717. The molecule has 3 heteroatoms. The van der Waals surface area contributed by atoms with E-state index in [2.05, 4.69) is 4.98 Å². The molecule has 66 valence electrons. The van der Waals surface area contributed by atoms with Crippen molar-refractivity contribution in [1.82, 2.24) is 4.98 Å². The summed E-state index contributed by atoms with van der Waals surface area (Å²) in [4.78, 5) is 2.97. The minimum Gasteiger partial charge on any atom is -0.361 e. The van der Waals surface area contributed by atoms with E-state index in [1.165, 1.54) is 12.1 Å². The molecule has 1 nitrogen and oxygen atoms in total. The zero-order valence-corrected chi connectivity index (χ0v) is 7.48. The van der Waals surface area contributed by atoms with E-state index in [1.807, 2.05) is 12.1 Å². The number of rotatable bonds is 1. The summed E-state index contributed by atoms with van der Waals surface area (Å²) in [5.74, 6) is -0.283. The third-order valence-electron chi connectivity index (χ3n) is 1.82. The predicted octanol–water partition coefficient (Wildman–Crippen LogP) is 3.47. The molecule has 0 aliphatic rings. The Labute approximate surface area is 80.2 Å². The fraction of sp³-hybridized carbons (Fsp3) is 0. The Balaban J connectivity index is 2.57. The molecule has 1 aromatic heterocycles. The average molecular weight is 196 g/mol. The number of halogens is 2. The van der Waals surface area contributed by atoms with Gasteiger partial charge in [-0.05, 0) is 30.3 Å². The summed E-state index contributed by atoms with van der Waals surface area (Å²) in [7, 11) is 0. The van der Waals surface area contributed by atoms with Gasteiger partial charge in [-0.15, -0.1) is 0 Å². The van der Waals surface area contributed by atoms with Gasteiger partial charge in [-0.1, -0.05) is 11.6 Å². The molecule has 0 spiro atoms. The number of benzene rings is 1. The van der Waals surface area contributed by atoms with E-state index >= 15 is 0 Å². The van der Waals surface area contributed by atoms with Gasteiger partial charge in [0.05, 0.1) is 5.02 Å². The first-order chi connectivity index (χ1) is 6.27. The van der Waals surface area contributed by atoms with Crippen LogP contribution >= 0.6 is 11.6 Å². The van der Waals surface area contributed by atoms with Crippen molar-refractivity contribution in [2.24, 2.45) is 0 Å². The first-order valence-corrected chi connectivity index (χ1v) is 4.24. The molecule has 1 heterocycles. The molecule has 1 N–H and O–H groups in total. The average Bonchev–Trinajstić information content (AvgIpc) is 2.61. The standard InChI is InChI=1S/C10H7ClFN/c11-9-4-3-7(12)6-8(9)10-2-1-5-13-10/h1-6,13H. The maximum absolute atomic E-state index is 12.9. The highest BCUT2D eigenvalue weighted by Gasteiger charge is 2.04. The van der Waals surface area contributed by atoms with Crippen LogP contribution < -0.4 is 0 Å². The Bertz CT molecular complexity index is 409. The second kappa shape index (κ2) is 3.23. The molecule has 0 atom stereocenters. The van der Waals surface area contributed by atoms with E-state index in [-0.39, 0.29) is 5.82 Å². The summed E-state index contributed by atoms with van der Waals surface area (Å²) in [6.07, 6.45) is 1.77.